The maximum atomic E-state index is 12.7. The van der Waals surface area contributed by atoms with Crippen LogP contribution in [-0.4, -0.2) is 41.3 Å². The number of benzene rings is 1. The number of thiocarbonyl (C=S) groups is 1. The van der Waals surface area contributed by atoms with E-state index in [1.54, 1.807) is 19.1 Å². The Balaban J connectivity index is 1.63. The Morgan fingerprint density at radius 3 is 2.83 bits per heavy atom. The lowest BCUT2D eigenvalue weighted by molar-refractivity contribution is -0.132. The molecule has 0 radical (unpaired) electrons. The molecule has 1 aromatic carbocycles. The number of nitrogens with one attached hydrogen (secondary N) is 3. The topological polar surface area (TPSA) is 82.7 Å². The molecule has 3 rings (SSSR count). The maximum Gasteiger partial charge on any atom is 0.344 e. The molecule has 128 valence electrons. The molecule has 3 N–H and O–H groups in total. The minimum Gasteiger partial charge on any atom is -0.376 e. The summed E-state index contributed by atoms with van der Waals surface area (Å²) in [6, 6.07) is 8.57. The standard InChI is InChI=1S/C16H20N4O3S/c1-16(11-6-3-2-4-7-11)13(21)20(15(22)18-16)19-14(24)17-10-12-8-5-9-23-12/h2-4,6-7,12H,5,8-10H2,1H3,(H,18,22)(H2,17,19,24)/t12-,16+/m1/s1. The van der Waals surface area contributed by atoms with E-state index >= 15 is 0 Å². The molecule has 24 heavy (non-hydrogen) atoms. The van der Waals surface area contributed by atoms with Crippen LogP contribution in [0.4, 0.5) is 4.79 Å². The molecule has 8 heteroatoms. The number of rotatable bonds is 4. The number of hydrogen-bond donors (Lipinski definition) is 3. The number of amides is 3. The van der Waals surface area contributed by atoms with Crippen molar-refractivity contribution < 1.29 is 14.3 Å². The Morgan fingerprint density at radius 1 is 1.42 bits per heavy atom. The molecule has 2 aliphatic heterocycles. The fourth-order valence-corrected chi connectivity index (χ4v) is 3.04. The summed E-state index contributed by atoms with van der Waals surface area (Å²) in [7, 11) is 0. The van der Waals surface area contributed by atoms with Crippen molar-refractivity contribution in [3.8, 4) is 0 Å². The van der Waals surface area contributed by atoms with Gasteiger partial charge in [0.1, 0.15) is 5.54 Å². The number of hydrogen-bond acceptors (Lipinski definition) is 4. The third-order valence-corrected chi connectivity index (χ3v) is 4.51. The first-order valence-electron chi connectivity index (χ1n) is 7.89. The second kappa shape index (κ2) is 6.74. The smallest absolute Gasteiger partial charge is 0.344 e. The minimum atomic E-state index is -1.12. The molecule has 0 spiro atoms. The van der Waals surface area contributed by atoms with Crippen LogP contribution in [-0.2, 0) is 15.1 Å². The van der Waals surface area contributed by atoms with E-state index in [1.165, 1.54) is 0 Å². The van der Waals surface area contributed by atoms with Gasteiger partial charge in [0.05, 0.1) is 6.10 Å². The van der Waals surface area contributed by atoms with Gasteiger partial charge in [0.2, 0.25) is 0 Å². The van der Waals surface area contributed by atoms with Crippen molar-refractivity contribution in [3.63, 3.8) is 0 Å². The van der Waals surface area contributed by atoms with Gasteiger partial charge in [-0.2, -0.15) is 5.01 Å². The molecule has 0 unspecified atom stereocenters. The van der Waals surface area contributed by atoms with Gasteiger partial charge in [-0.1, -0.05) is 30.3 Å². The number of carbonyl (C=O) groups excluding carboxylic acids is 2. The van der Waals surface area contributed by atoms with Crippen molar-refractivity contribution in [2.75, 3.05) is 13.2 Å². The Hall–Kier alpha value is -2.19. The first kappa shape index (κ1) is 16.7. The Morgan fingerprint density at radius 2 is 2.17 bits per heavy atom. The Kier molecular flexibility index (Phi) is 4.68. The predicted octanol–water partition coefficient (Wildman–Crippen LogP) is 1.01. The summed E-state index contributed by atoms with van der Waals surface area (Å²) < 4.78 is 5.50. The third-order valence-electron chi connectivity index (χ3n) is 4.27. The average molecular weight is 348 g/mol. The summed E-state index contributed by atoms with van der Waals surface area (Å²) in [5, 5.41) is 6.82. The van der Waals surface area contributed by atoms with Gasteiger partial charge in [-0.3, -0.25) is 10.2 Å². The SMILES string of the molecule is C[C@@]1(c2ccccc2)NC(=O)N(NC(=S)NC[C@H]2CCCO2)C1=O. The van der Waals surface area contributed by atoms with Gasteiger partial charge < -0.3 is 15.4 Å². The second-order valence-electron chi connectivity index (χ2n) is 6.02. The van der Waals surface area contributed by atoms with Gasteiger partial charge in [0.25, 0.3) is 5.91 Å². The highest BCUT2D eigenvalue weighted by molar-refractivity contribution is 7.80. The number of hydrazine groups is 1. The molecule has 0 saturated carbocycles. The van der Waals surface area contributed by atoms with Crippen LogP contribution in [0.1, 0.15) is 25.3 Å². The number of ether oxygens (including phenoxy) is 1. The van der Waals surface area contributed by atoms with Crippen LogP contribution in [0.3, 0.4) is 0 Å². The van der Waals surface area contributed by atoms with E-state index in [9.17, 15) is 9.59 Å². The van der Waals surface area contributed by atoms with Crippen LogP contribution >= 0.6 is 12.2 Å². The van der Waals surface area contributed by atoms with E-state index in [2.05, 4.69) is 16.1 Å². The molecular formula is C16H20N4O3S. The summed E-state index contributed by atoms with van der Waals surface area (Å²) in [6.45, 7) is 2.98. The molecule has 2 atom stereocenters. The lowest BCUT2D eigenvalue weighted by Crippen LogP contribution is -2.52. The van der Waals surface area contributed by atoms with E-state index in [4.69, 9.17) is 17.0 Å². The lowest BCUT2D eigenvalue weighted by atomic mass is 9.92. The highest BCUT2D eigenvalue weighted by Crippen LogP contribution is 2.27. The van der Waals surface area contributed by atoms with Crippen LogP contribution < -0.4 is 16.1 Å². The van der Waals surface area contributed by atoms with Crippen molar-refractivity contribution in [3.05, 3.63) is 35.9 Å². The molecule has 2 fully saturated rings. The summed E-state index contributed by atoms with van der Waals surface area (Å²) in [4.78, 5) is 24.9. The maximum absolute atomic E-state index is 12.7. The van der Waals surface area contributed by atoms with E-state index in [0.717, 1.165) is 24.5 Å². The highest BCUT2D eigenvalue weighted by Gasteiger charge is 2.49. The zero-order valence-corrected chi connectivity index (χ0v) is 14.2. The van der Waals surface area contributed by atoms with Crippen molar-refractivity contribution in [1.29, 1.82) is 0 Å². The molecule has 2 aliphatic rings. The monoisotopic (exact) mass is 348 g/mol. The van der Waals surface area contributed by atoms with Crippen LogP contribution in [0.15, 0.2) is 30.3 Å². The fourth-order valence-electron chi connectivity index (χ4n) is 2.86. The fraction of sp³-hybridized carbons (Fsp3) is 0.438. The number of imide groups is 1. The zero-order valence-electron chi connectivity index (χ0n) is 13.4. The molecule has 2 heterocycles. The normalized spacial score (nSPS) is 26.4. The van der Waals surface area contributed by atoms with E-state index in [-0.39, 0.29) is 11.2 Å². The van der Waals surface area contributed by atoms with Crippen LogP contribution in [0.25, 0.3) is 0 Å². The van der Waals surface area contributed by atoms with E-state index in [0.29, 0.717) is 12.1 Å². The molecule has 0 aromatic heterocycles. The summed E-state index contributed by atoms with van der Waals surface area (Å²) in [6.07, 6.45) is 2.13. The molecule has 2 saturated heterocycles. The van der Waals surface area contributed by atoms with Gasteiger partial charge in [0, 0.05) is 13.2 Å². The molecule has 7 nitrogen and oxygen atoms in total. The largest absolute Gasteiger partial charge is 0.376 e. The first-order valence-corrected chi connectivity index (χ1v) is 8.30. The quantitative estimate of drug-likeness (QED) is 0.557. The Labute approximate surface area is 145 Å². The van der Waals surface area contributed by atoms with Crippen LogP contribution in [0, 0.1) is 0 Å². The molecule has 3 amide bonds. The molecule has 0 bridgehead atoms. The van der Waals surface area contributed by atoms with E-state index in [1.807, 2.05) is 18.2 Å². The van der Waals surface area contributed by atoms with Gasteiger partial charge in [0.15, 0.2) is 5.11 Å². The number of carbonyl (C=O) groups is 2. The first-order chi connectivity index (χ1) is 11.5. The van der Waals surface area contributed by atoms with Crippen molar-refractivity contribution >= 4 is 29.3 Å². The third kappa shape index (κ3) is 3.20. The van der Waals surface area contributed by atoms with Crippen molar-refractivity contribution in [2.45, 2.75) is 31.4 Å². The minimum absolute atomic E-state index is 0.113. The number of urea groups is 1. The molecular weight excluding hydrogens is 328 g/mol. The van der Waals surface area contributed by atoms with Crippen LogP contribution in [0.5, 0.6) is 0 Å². The summed E-state index contributed by atoms with van der Waals surface area (Å²) >= 11 is 5.17. The van der Waals surface area contributed by atoms with Gasteiger partial charge >= 0.3 is 6.03 Å². The van der Waals surface area contributed by atoms with Gasteiger partial charge in [-0.15, -0.1) is 0 Å². The molecule has 1 aromatic rings. The molecule has 0 aliphatic carbocycles. The average Bonchev–Trinajstić information content (AvgIpc) is 3.17. The lowest BCUT2D eigenvalue weighted by Gasteiger charge is -2.22. The zero-order chi connectivity index (χ0) is 17.2. The van der Waals surface area contributed by atoms with Crippen molar-refractivity contribution in [2.24, 2.45) is 0 Å². The highest BCUT2D eigenvalue weighted by atomic mass is 32.1. The predicted molar refractivity (Wildman–Crippen MR) is 91.9 cm³/mol. The van der Waals surface area contributed by atoms with Gasteiger partial charge in [-0.25, -0.2) is 4.79 Å². The summed E-state index contributed by atoms with van der Waals surface area (Å²) in [5.41, 5.74) is 2.26. The van der Waals surface area contributed by atoms with Crippen LogP contribution in [0.2, 0.25) is 0 Å². The van der Waals surface area contributed by atoms with Gasteiger partial charge in [-0.05, 0) is 37.5 Å². The van der Waals surface area contributed by atoms with E-state index < -0.39 is 17.5 Å². The Bertz CT molecular complexity index is 648. The second-order valence-corrected chi connectivity index (χ2v) is 6.43. The number of nitrogens with zero attached hydrogens (tertiary/aromatic N) is 1. The van der Waals surface area contributed by atoms with Crippen molar-refractivity contribution in [1.82, 2.24) is 21.1 Å². The summed E-state index contributed by atoms with van der Waals surface area (Å²) in [5.74, 6) is -0.403.